The van der Waals surface area contributed by atoms with E-state index < -0.39 is 10.8 Å². The van der Waals surface area contributed by atoms with Crippen LogP contribution in [0.2, 0.25) is 5.02 Å². The van der Waals surface area contributed by atoms with Crippen LogP contribution in [0.1, 0.15) is 11.8 Å². The quantitative estimate of drug-likeness (QED) is 0.817. The lowest BCUT2D eigenvalue weighted by atomic mass is 10.3. The number of thiophene rings is 1. The van der Waals surface area contributed by atoms with Gasteiger partial charge < -0.3 is 0 Å². The fourth-order valence-electron chi connectivity index (χ4n) is 1.74. The maximum atomic E-state index is 11.5. The smallest absolute Gasteiger partial charge is 0.0558 e. The molecule has 0 spiro atoms. The van der Waals surface area contributed by atoms with Gasteiger partial charge in [0.1, 0.15) is 0 Å². The number of nitrogens with zero attached hydrogens (tertiary/aromatic N) is 1. The Bertz CT molecular complexity index is 366. The minimum absolute atomic E-state index is 0.289. The van der Waals surface area contributed by atoms with Crippen molar-refractivity contribution in [3.63, 3.8) is 0 Å². The standard InChI is InChI=1S/C10H14ClNOS2/c1-8-6-12(3-5-15(8)13)7-10-9(11)2-4-14-10/h2,4,8H,3,5-7H2,1H3. The van der Waals surface area contributed by atoms with E-state index in [9.17, 15) is 4.21 Å². The monoisotopic (exact) mass is 263 g/mol. The summed E-state index contributed by atoms with van der Waals surface area (Å²) in [5.74, 6) is 0.796. The maximum absolute atomic E-state index is 11.5. The first-order chi connectivity index (χ1) is 7.16. The molecule has 1 aromatic rings. The molecule has 0 aliphatic carbocycles. The largest absolute Gasteiger partial charge is 0.296 e. The van der Waals surface area contributed by atoms with Crippen LogP contribution in [-0.2, 0) is 17.3 Å². The van der Waals surface area contributed by atoms with Crippen molar-refractivity contribution < 1.29 is 4.21 Å². The van der Waals surface area contributed by atoms with Crippen LogP contribution >= 0.6 is 22.9 Å². The molecule has 2 rings (SSSR count). The number of hydrogen-bond donors (Lipinski definition) is 0. The van der Waals surface area contributed by atoms with Gasteiger partial charge in [-0.2, -0.15) is 0 Å². The van der Waals surface area contributed by atoms with Crippen LogP contribution in [-0.4, -0.2) is 33.2 Å². The highest BCUT2D eigenvalue weighted by Gasteiger charge is 2.22. The van der Waals surface area contributed by atoms with Gasteiger partial charge in [0, 0.05) is 46.3 Å². The third kappa shape index (κ3) is 2.81. The minimum atomic E-state index is -0.631. The molecule has 0 aromatic carbocycles. The van der Waals surface area contributed by atoms with Crippen molar-refractivity contribution in [3.8, 4) is 0 Å². The van der Waals surface area contributed by atoms with Crippen molar-refractivity contribution in [2.45, 2.75) is 18.7 Å². The van der Waals surface area contributed by atoms with E-state index in [0.29, 0.717) is 0 Å². The highest BCUT2D eigenvalue weighted by molar-refractivity contribution is 7.85. The highest BCUT2D eigenvalue weighted by Crippen LogP contribution is 2.24. The molecule has 0 saturated carbocycles. The van der Waals surface area contributed by atoms with Gasteiger partial charge in [-0.3, -0.25) is 9.11 Å². The predicted molar refractivity (Wildman–Crippen MR) is 67.1 cm³/mol. The molecule has 1 saturated heterocycles. The molecular weight excluding hydrogens is 250 g/mol. The molecule has 2 atom stereocenters. The lowest BCUT2D eigenvalue weighted by molar-refractivity contribution is 0.277. The fraction of sp³-hybridized carbons (Fsp3) is 0.600. The van der Waals surface area contributed by atoms with Crippen LogP contribution in [0, 0.1) is 0 Å². The molecular formula is C10H14ClNOS2. The molecule has 84 valence electrons. The molecule has 2 unspecified atom stereocenters. The second kappa shape index (κ2) is 4.95. The summed E-state index contributed by atoms with van der Waals surface area (Å²) in [6, 6.07) is 1.94. The molecule has 2 nitrogen and oxygen atoms in total. The maximum Gasteiger partial charge on any atom is 0.0558 e. The molecule has 1 aliphatic heterocycles. The second-order valence-electron chi connectivity index (χ2n) is 3.82. The molecule has 5 heteroatoms. The van der Waals surface area contributed by atoms with Gasteiger partial charge in [0.15, 0.2) is 0 Å². The Hall–Kier alpha value is 0.1000. The molecule has 0 bridgehead atoms. The van der Waals surface area contributed by atoms with E-state index in [1.165, 1.54) is 4.88 Å². The first-order valence-electron chi connectivity index (χ1n) is 4.98. The Labute approximate surface area is 102 Å². The normalized spacial score (nSPS) is 28.1. The molecule has 0 radical (unpaired) electrons. The van der Waals surface area contributed by atoms with Crippen LogP contribution in [0.5, 0.6) is 0 Å². The van der Waals surface area contributed by atoms with Crippen LogP contribution < -0.4 is 0 Å². The van der Waals surface area contributed by atoms with Gasteiger partial charge in [0.2, 0.25) is 0 Å². The first-order valence-corrected chi connectivity index (χ1v) is 7.62. The van der Waals surface area contributed by atoms with Crippen molar-refractivity contribution in [2.24, 2.45) is 0 Å². The summed E-state index contributed by atoms with van der Waals surface area (Å²) in [6.45, 7) is 4.79. The molecule has 1 aliphatic rings. The molecule has 1 aromatic heterocycles. The SMILES string of the molecule is CC1CN(Cc2sccc2Cl)CCS1=O. The summed E-state index contributed by atoms with van der Waals surface area (Å²) in [4.78, 5) is 3.56. The van der Waals surface area contributed by atoms with Gasteiger partial charge in [-0.05, 0) is 18.4 Å². The van der Waals surface area contributed by atoms with Gasteiger partial charge in [-0.1, -0.05) is 11.6 Å². The van der Waals surface area contributed by atoms with E-state index in [1.807, 2.05) is 11.4 Å². The Morgan fingerprint density at radius 2 is 2.53 bits per heavy atom. The molecule has 2 heterocycles. The fourth-order valence-corrected chi connectivity index (χ4v) is 4.10. The van der Waals surface area contributed by atoms with Crippen LogP contribution in [0.3, 0.4) is 0 Å². The Morgan fingerprint density at radius 1 is 1.73 bits per heavy atom. The minimum Gasteiger partial charge on any atom is -0.296 e. The zero-order valence-corrected chi connectivity index (χ0v) is 11.0. The van der Waals surface area contributed by atoms with Crippen molar-refractivity contribution >= 4 is 33.7 Å². The van der Waals surface area contributed by atoms with E-state index in [0.717, 1.165) is 30.4 Å². The van der Waals surface area contributed by atoms with E-state index in [2.05, 4.69) is 11.8 Å². The molecule has 0 N–H and O–H groups in total. The predicted octanol–water partition coefficient (Wildman–Crippen LogP) is 2.35. The molecule has 0 amide bonds. The summed E-state index contributed by atoms with van der Waals surface area (Å²) in [5, 5.41) is 3.17. The second-order valence-corrected chi connectivity index (χ2v) is 7.20. The van der Waals surface area contributed by atoms with Crippen LogP contribution in [0.4, 0.5) is 0 Å². The summed E-state index contributed by atoms with van der Waals surface area (Å²) in [7, 11) is -0.631. The Morgan fingerprint density at radius 3 is 3.13 bits per heavy atom. The lowest BCUT2D eigenvalue weighted by Crippen LogP contribution is -2.42. The van der Waals surface area contributed by atoms with Crippen molar-refractivity contribution in [1.29, 1.82) is 0 Å². The van der Waals surface area contributed by atoms with Gasteiger partial charge in [0.05, 0.1) is 5.02 Å². The lowest BCUT2D eigenvalue weighted by Gasteiger charge is -2.29. The number of halogens is 1. The third-order valence-corrected chi connectivity index (χ3v) is 5.63. The zero-order chi connectivity index (χ0) is 10.8. The average Bonchev–Trinajstić information content (AvgIpc) is 2.59. The zero-order valence-electron chi connectivity index (χ0n) is 8.61. The first kappa shape index (κ1) is 11.6. The molecule has 1 fully saturated rings. The van der Waals surface area contributed by atoms with Crippen molar-refractivity contribution in [3.05, 3.63) is 21.3 Å². The third-order valence-electron chi connectivity index (χ3n) is 2.63. The van der Waals surface area contributed by atoms with Gasteiger partial charge >= 0.3 is 0 Å². The van der Waals surface area contributed by atoms with E-state index in [1.54, 1.807) is 11.3 Å². The summed E-state index contributed by atoms with van der Waals surface area (Å²) < 4.78 is 11.5. The Balaban J connectivity index is 1.96. The van der Waals surface area contributed by atoms with Gasteiger partial charge in [-0.15, -0.1) is 11.3 Å². The topological polar surface area (TPSA) is 20.3 Å². The average molecular weight is 264 g/mol. The summed E-state index contributed by atoms with van der Waals surface area (Å²) in [5.41, 5.74) is 0. The van der Waals surface area contributed by atoms with Gasteiger partial charge in [-0.25, -0.2) is 0 Å². The number of hydrogen-bond acceptors (Lipinski definition) is 3. The number of rotatable bonds is 2. The summed E-state index contributed by atoms with van der Waals surface area (Å²) >= 11 is 7.74. The van der Waals surface area contributed by atoms with E-state index in [4.69, 9.17) is 11.6 Å². The van der Waals surface area contributed by atoms with Crippen LogP contribution in [0.25, 0.3) is 0 Å². The van der Waals surface area contributed by atoms with Crippen LogP contribution in [0.15, 0.2) is 11.4 Å². The van der Waals surface area contributed by atoms with E-state index >= 15 is 0 Å². The highest BCUT2D eigenvalue weighted by atomic mass is 35.5. The van der Waals surface area contributed by atoms with Crippen molar-refractivity contribution in [2.75, 3.05) is 18.8 Å². The van der Waals surface area contributed by atoms with E-state index in [-0.39, 0.29) is 5.25 Å². The Kier molecular flexibility index (Phi) is 3.83. The van der Waals surface area contributed by atoms with Crippen molar-refractivity contribution in [1.82, 2.24) is 4.90 Å². The summed E-state index contributed by atoms with van der Waals surface area (Å²) in [6.07, 6.45) is 0. The van der Waals surface area contributed by atoms with Gasteiger partial charge in [0.25, 0.3) is 0 Å². The molecule has 15 heavy (non-hydrogen) atoms.